The molecule has 0 radical (unpaired) electrons. The fraction of sp³-hybridized carbons (Fsp3) is 0.0667. The highest BCUT2D eigenvalue weighted by atomic mass is 16.6. The van der Waals surface area contributed by atoms with E-state index in [2.05, 4.69) is 10.5 Å². The maximum atomic E-state index is 11.2. The largest absolute Gasteiger partial charge is 0.410 e. The number of nitro benzene ring substituents is 1. The summed E-state index contributed by atoms with van der Waals surface area (Å²) in [4.78, 5) is 21.9. The summed E-state index contributed by atoms with van der Waals surface area (Å²) >= 11 is 0. The second-order valence-corrected chi connectivity index (χ2v) is 4.85. The van der Waals surface area contributed by atoms with Crippen molar-refractivity contribution < 1.29 is 14.9 Å². The molecule has 2 aromatic carbocycles. The predicted octanol–water partition coefficient (Wildman–Crippen LogP) is 2.76. The molecule has 2 N–H and O–H groups in total. The average molecular weight is 297 g/mol. The number of hydrogen-bond acceptors (Lipinski definition) is 5. The molecule has 7 heteroatoms. The number of hydrogen-bond donors (Lipinski definition) is 2. The van der Waals surface area contributed by atoms with Crippen LogP contribution in [-0.2, 0) is 4.79 Å². The minimum absolute atomic E-state index is 0.0743. The minimum atomic E-state index is -0.553. The zero-order valence-electron chi connectivity index (χ0n) is 11.5. The van der Waals surface area contributed by atoms with Crippen LogP contribution in [0.25, 0.3) is 11.1 Å². The van der Waals surface area contributed by atoms with Gasteiger partial charge >= 0.3 is 0 Å². The third-order valence-electron chi connectivity index (χ3n) is 3.47. The van der Waals surface area contributed by atoms with E-state index in [1.54, 1.807) is 24.3 Å². The molecule has 0 aliphatic heterocycles. The lowest BCUT2D eigenvalue weighted by molar-refractivity contribution is -0.383. The molecule has 1 aliphatic carbocycles. The van der Waals surface area contributed by atoms with Crippen molar-refractivity contribution in [2.75, 3.05) is 5.32 Å². The molecule has 0 fully saturated rings. The van der Waals surface area contributed by atoms with Crippen molar-refractivity contribution in [3.63, 3.8) is 0 Å². The Bertz CT molecular complexity index is 843. The molecule has 1 aliphatic rings. The van der Waals surface area contributed by atoms with Gasteiger partial charge in [0.15, 0.2) is 0 Å². The van der Waals surface area contributed by atoms with E-state index in [1.807, 2.05) is 0 Å². The van der Waals surface area contributed by atoms with E-state index in [-0.39, 0.29) is 11.4 Å². The number of oxime groups is 1. The van der Waals surface area contributed by atoms with Crippen molar-refractivity contribution in [3.05, 3.63) is 57.6 Å². The molecule has 0 spiro atoms. The van der Waals surface area contributed by atoms with Crippen LogP contribution in [0.4, 0.5) is 11.4 Å². The molecule has 0 heterocycles. The third-order valence-corrected chi connectivity index (χ3v) is 3.47. The maximum Gasteiger partial charge on any atom is 0.293 e. The van der Waals surface area contributed by atoms with Crippen LogP contribution < -0.4 is 5.32 Å². The molecule has 22 heavy (non-hydrogen) atoms. The van der Waals surface area contributed by atoms with Crippen LogP contribution in [0.5, 0.6) is 0 Å². The molecule has 110 valence electrons. The van der Waals surface area contributed by atoms with Gasteiger partial charge in [0, 0.05) is 24.1 Å². The number of nitrogens with zero attached hydrogens (tertiary/aromatic N) is 2. The van der Waals surface area contributed by atoms with Gasteiger partial charge in [-0.3, -0.25) is 14.9 Å². The summed E-state index contributed by atoms with van der Waals surface area (Å²) < 4.78 is 0. The van der Waals surface area contributed by atoms with E-state index in [9.17, 15) is 20.1 Å². The Morgan fingerprint density at radius 1 is 1.18 bits per heavy atom. The summed E-state index contributed by atoms with van der Waals surface area (Å²) in [5, 5.41) is 26.3. The van der Waals surface area contributed by atoms with Gasteiger partial charge in [0.05, 0.1) is 4.92 Å². The first kappa shape index (κ1) is 13.7. The molecule has 7 nitrogen and oxygen atoms in total. The number of rotatable bonds is 2. The van der Waals surface area contributed by atoms with Crippen LogP contribution in [0.1, 0.15) is 18.1 Å². The van der Waals surface area contributed by atoms with Gasteiger partial charge in [-0.05, 0) is 17.2 Å². The topological polar surface area (TPSA) is 105 Å². The Kier molecular flexibility index (Phi) is 3.10. The quantitative estimate of drug-likeness (QED) is 0.431. The minimum Gasteiger partial charge on any atom is -0.410 e. The van der Waals surface area contributed by atoms with Crippen molar-refractivity contribution in [1.29, 1.82) is 0 Å². The van der Waals surface area contributed by atoms with Crippen molar-refractivity contribution in [2.24, 2.45) is 5.16 Å². The number of carbonyl (C=O) groups is 1. The normalized spacial score (nSPS) is 13.6. The number of nitro groups is 1. The lowest BCUT2D eigenvalue weighted by Gasteiger charge is -2.07. The smallest absolute Gasteiger partial charge is 0.293 e. The SMILES string of the molecule is CC(=O)Nc1cc2c(cc1[N+](=O)[O-])-c1ccccc1C2=NO. The maximum absolute atomic E-state index is 11.2. The first-order valence-corrected chi connectivity index (χ1v) is 6.45. The number of fused-ring (bicyclic) bond motifs is 3. The zero-order valence-corrected chi connectivity index (χ0v) is 11.5. The van der Waals surface area contributed by atoms with Crippen LogP contribution in [0.2, 0.25) is 0 Å². The second kappa shape index (κ2) is 4.96. The molecule has 0 saturated carbocycles. The van der Waals surface area contributed by atoms with Gasteiger partial charge in [-0.1, -0.05) is 29.4 Å². The molecule has 0 bridgehead atoms. The standard InChI is InChI=1S/C15H11N3O4/c1-8(19)16-13-6-12-11(7-14(13)18(21)22)9-4-2-3-5-10(9)15(12)17-20/h2-7,20H,1H3,(H,16,19). The number of nitrogens with one attached hydrogen (secondary N) is 1. The molecule has 0 aromatic heterocycles. The van der Waals surface area contributed by atoms with Crippen molar-refractivity contribution >= 4 is 23.0 Å². The lowest BCUT2D eigenvalue weighted by atomic mass is 10.0. The monoisotopic (exact) mass is 297 g/mol. The predicted molar refractivity (Wildman–Crippen MR) is 80.3 cm³/mol. The molecular weight excluding hydrogens is 286 g/mol. The number of anilines is 1. The first-order chi connectivity index (χ1) is 10.5. The number of amides is 1. The molecule has 0 saturated heterocycles. The lowest BCUT2D eigenvalue weighted by Crippen LogP contribution is -2.09. The van der Waals surface area contributed by atoms with Crippen molar-refractivity contribution in [1.82, 2.24) is 0 Å². The molecule has 2 aromatic rings. The fourth-order valence-electron chi connectivity index (χ4n) is 2.63. The third kappa shape index (κ3) is 1.99. The van der Waals surface area contributed by atoms with Gasteiger partial charge in [0.2, 0.25) is 5.91 Å². The summed E-state index contributed by atoms with van der Waals surface area (Å²) in [5.41, 5.74) is 2.78. The average Bonchev–Trinajstić information content (AvgIpc) is 2.78. The highest BCUT2D eigenvalue weighted by Crippen LogP contribution is 2.41. The Morgan fingerprint density at radius 2 is 1.86 bits per heavy atom. The van der Waals surface area contributed by atoms with E-state index >= 15 is 0 Å². The Morgan fingerprint density at radius 3 is 2.45 bits per heavy atom. The molecular formula is C15H11N3O4. The second-order valence-electron chi connectivity index (χ2n) is 4.85. The van der Waals surface area contributed by atoms with Gasteiger partial charge in [0.1, 0.15) is 11.4 Å². The Balaban J connectivity index is 2.30. The summed E-state index contributed by atoms with van der Waals surface area (Å²) in [5.74, 6) is -0.416. The Hall–Kier alpha value is -3.22. The first-order valence-electron chi connectivity index (χ1n) is 6.45. The highest BCUT2D eigenvalue weighted by molar-refractivity contribution is 6.25. The van der Waals surface area contributed by atoms with E-state index in [1.165, 1.54) is 19.1 Å². The van der Waals surface area contributed by atoms with Crippen LogP contribution >= 0.6 is 0 Å². The summed E-state index contributed by atoms with van der Waals surface area (Å²) in [6.07, 6.45) is 0. The van der Waals surface area contributed by atoms with Gasteiger partial charge in [-0.2, -0.15) is 0 Å². The van der Waals surface area contributed by atoms with E-state index in [0.29, 0.717) is 22.4 Å². The fourth-order valence-corrected chi connectivity index (χ4v) is 2.63. The van der Waals surface area contributed by atoms with Crippen LogP contribution in [0, 0.1) is 10.1 Å². The van der Waals surface area contributed by atoms with E-state index < -0.39 is 10.8 Å². The van der Waals surface area contributed by atoms with Gasteiger partial charge < -0.3 is 10.5 Å². The number of carbonyl (C=O) groups excluding carboxylic acids is 1. The van der Waals surface area contributed by atoms with Gasteiger partial charge in [-0.25, -0.2) is 0 Å². The van der Waals surface area contributed by atoms with Crippen LogP contribution in [0.3, 0.4) is 0 Å². The number of benzene rings is 2. The summed E-state index contributed by atoms with van der Waals surface area (Å²) in [6, 6.07) is 10.0. The molecule has 0 atom stereocenters. The molecule has 1 amide bonds. The Labute approximate surface area is 125 Å². The zero-order chi connectivity index (χ0) is 15.9. The highest BCUT2D eigenvalue weighted by Gasteiger charge is 2.29. The van der Waals surface area contributed by atoms with Crippen molar-refractivity contribution in [3.8, 4) is 11.1 Å². The van der Waals surface area contributed by atoms with Gasteiger partial charge in [-0.15, -0.1) is 0 Å². The summed E-state index contributed by atoms with van der Waals surface area (Å²) in [6.45, 7) is 1.27. The summed E-state index contributed by atoms with van der Waals surface area (Å²) in [7, 11) is 0. The van der Waals surface area contributed by atoms with Gasteiger partial charge in [0.25, 0.3) is 5.69 Å². The van der Waals surface area contributed by atoms with Crippen LogP contribution in [0.15, 0.2) is 41.6 Å². The van der Waals surface area contributed by atoms with Crippen LogP contribution in [-0.4, -0.2) is 21.7 Å². The molecule has 0 unspecified atom stereocenters. The van der Waals surface area contributed by atoms with Crippen molar-refractivity contribution in [2.45, 2.75) is 6.92 Å². The van der Waals surface area contributed by atoms with E-state index in [4.69, 9.17) is 0 Å². The van der Waals surface area contributed by atoms with E-state index in [0.717, 1.165) is 5.56 Å². The molecule has 3 rings (SSSR count).